The van der Waals surface area contributed by atoms with Crippen molar-refractivity contribution < 1.29 is 14.6 Å². The van der Waals surface area contributed by atoms with E-state index >= 15 is 0 Å². The molecular weight excluding hydrogens is 302 g/mol. The van der Waals surface area contributed by atoms with Gasteiger partial charge in [-0.3, -0.25) is 4.79 Å². The van der Waals surface area contributed by atoms with Crippen LogP contribution in [0.1, 0.15) is 37.0 Å². The van der Waals surface area contributed by atoms with E-state index in [4.69, 9.17) is 4.74 Å². The van der Waals surface area contributed by atoms with Gasteiger partial charge in [-0.05, 0) is 43.0 Å². The first-order valence-electron chi connectivity index (χ1n) is 8.25. The van der Waals surface area contributed by atoms with E-state index in [-0.39, 0.29) is 11.9 Å². The van der Waals surface area contributed by atoms with E-state index < -0.39 is 11.5 Å². The number of carbonyl (C=O) groups is 1. The Morgan fingerprint density at radius 3 is 2.29 bits per heavy atom. The van der Waals surface area contributed by atoms with E-state index in [0.717, 1.165) is 29.7 Å². The molecule has 1 fully saturated rings. The van der Waals surface area contributed by atoms with Crippen molar-refractivity contribution in [2.75, 3.05) is 7.11 Å². The highest BCUT2D eigenvalue weighted by Gasteiger charge is 2.51. The summed E-state index contributed by atoms with van der Waals surface area (Å²) in [5, 5.41) is 13.5. The highest BCUT2D eigenvalue weighted by atomic mass is 16.5. The van der Waals surface area contributed by atoms with E-state index in [9.17, 15) is 9.90 Å². The minimum Gasteiger partial charge on any atom is -0.497 e. The predicted molar refractivity (Wildman–Crippen MR) is 92.9 cm³/mol. The molecule has 126 valence electrons. The number of nitrogens with one attached hydrogen (secondary N) is 1. The number of amides is 1. The SMILES string of the molecule is COc1ccc(C(O)C(C)NC(=O)C2(c3ccccc3)CC2)cc1. The molecule has 2 unspecified atom stereocenters. The molecule has 0 radical (unpaired) electrons. The van der Waals surface area contributed by atoms with E-state index in [1.807, 2.05) is 49.4 Å². The van der Waals surface area contributed by atoms with Gasteiger partial charge in [0, 0.05) is 0 Å². The number of carbonyl (C=O) groups excluding carboxylic acids is 1. The van der Waals surface area contributed by atoms with Crippen LogP contribution in [0.5, 0.6) is 5.75 Å². The second-order valence-electron chi connectivity index (χ2n) is 6.43. The van der Waals surface area contributed by atoms with Gasteiger partial charge in [0.05, 0.1) is 24.7 Å². The number of benzene rings is 2. The number of ether oxygens (including phenoxy) is 1. The molecule has 4 nitrogen and oxygen atoms in total. The van der Waals surface area contributed by atoms with Gasteiger partial charge in [0.25, 0.3) is 0 Å². The van der Waals surface area contributed by atoms with Crippen LogP contribution in [0, 0.1) is 0 Å². The summed E-state index contributed by atoms with van der Waals surface area (Å²) in [6.45, 7) is 1.83. The average Bonchev–Trinajstić information content (AvgIpc) is 3.44. The molecule has 4 heteroatoms. The summed E-state index contributed by atoms with van der Waals surface area (Å²) in [5.41, 5.74) is 1.39. The standard InChI is InChI=1S/C20H23NO3/c1-14(18(22)15-8-10-17(24-2)11-9-15)21-19(23)20(12-13-20)16-6-4-3-5-7-16/h3-11,14,18,22H,12-13H2,1-2H3,(H,21,23). The maximum atomic E-state index is 12.7. The zero-order valence-corrected chi connectivity index (χ0v) is 14.0. The first-order valence-corrected chi connectivity index (χ1v) is 8.25. The Kier molecular flexibility index (Phi) is 4.58. The molecule has 2 atom stereocenters. The monoisotopic (exact) mass is 325 g/mol. The van der Waals surface area contributed by atoms with Crippen molar-refractivity contribution in [2.45, 2.75) is 37.3 Å². The first-order chi connectivity index (χ1) is 11.6. The van der Waals surface area contributed by atoms with E-state index in [0.29, 0.717) is 0 Å². The van der Waals surface area contributed by atoms with Gasteiger partial charge in [-0.25, -0.2) is 0 Å². The van der Waals surface area contributed by atoms with Crippen LogP contribution in [0.2, 0.25) is 0 Å². The van der Waals surface area contributed by atoms with Gasteiger partial charge in [0.1, 0.15) is 5.75 Å². The molecule has 1 amide bonds. The summed E-state index contributed by atoms with van der Waals surface area (Å²) in [7, 11) is 1.60. The summed E-state index contributed by atoms with van der Waals surface area (Å²) in [6.07, 6.45) is 0.953. The lowest BCUT2D eigenvalue weighted by molar-refractivity contribution is -0.125. The fourth-order valence-corrected chi connectivity index (χ4v) is 3.04. The Morgan fingerprint density at radius 2 is 1.75 bits per heavy atom. The van der Waals surface area contributed by atoms with Crippen molar-refractivity contribution in [3.8, 4) is 5.75 Å². The molecule has 3 rings (SSSR count). The van der Waals surface area contributed by atoms with Crippen LogP contribution in [0.15, 0.2) is 54.6 Å². The Hall–Kier alpha value is -2.33. The minimum absolute atomic E-state index is 0.00578. The van der Waals surface area contributed by atoms with Crippen LogP contribution < -0.4 is 10.1 Å². The van der Waals surface area contributed by atoms with Gasteiger partial charge in [-0.15, -0.1) is 0 Å². The summed E-state index contributed by atoms with van der Waals surface area (Å²) in [5.74, 6) is 0.734. The predicted octanol–water partition coefficient (Wildman–Crippen LogP) is 2.97. The molecule has 2 N–H and O–H groups in total. The third-order valence-electron chi connectivity index (χ3n) is 4.80. The van der Waals surface area contributed by atoms with Gasteiger partial charge >= 0.3 is 0 Å². The van der Waals surface area contributed by atoms with Crippen LogP contribution in [0.3, 0.4) is 0 Å². The van der Waals surface area contributed by atoms with Gasteiger partial charge in [0.15, 0.2) is 0 Å². The highest BCUT2D eigenvalue weighted by Crippen LogP contribution is 2.48. The van der Waals surface area contributed by atoms with Gasteiger partial charge in [-0.1, -0.05) is 42.5 Å². The normalized spacial score (nSPS) is 17.6. The van der Waals surface area contributed by atoms with Crippen molar-refractivity contribution in [1.29, 1.82) is 0 Å². The largest absolute Gasteiger partial charge is 0.497 e. The van der Waals surface area contributed by atoms with Crippen molar-refractivity contribution in [1.82, 2.24) is 5.32 Å². The molecular formula is C20H23NO3. The molecule has 0 bridgehead atoms. The lowest BCUT2D eigenvalue weighted by atomic mass is 9.94. The van der Waals surface area contributed by atoms with Gasteiger partial charge in [0.2, 0.25) is 5.91 Å². The van der Waals surface area contributed by atoms with Crippen LogP contribution in [-0.2, 0) is 10.2 Å². The Morgan fingerprint density at radius 1 is 1.12 bits per heavy atom. The van der Waals surface area contributed by atoms with Gasteiger partial charge < -0.3 is 15.2 Å². The number of aliphatic hydroxyl groups excluding tert-OH is 1. The van der Waals surface area contributed by atoms with Crippen LogP contribution in [0.4, 0.5) is 0 Å². The van der Waals surface area contributed by atoms with Crippen molar-refractivity contribution in [3.63, 3.8) is 0 Å². The number of hydrogen-bond acceptors (Lipinski definition) is 3. The quantitative estimate of drug-likeness (QED) is 0.858. The molecule has 0 spiro atoms. The highest BCUT2D eigenvalue weighted by molar-refractivity contribution is 5.91. The summed E-state index contributed by atoms with van der Waals surface area (Å²) in [4.78, 5) is 12.7. The fourth-order valence-electron chi connectivity index (χ4n) is 3.04. The minimum atomic E-state index is -0.758. The second kappa shape index (κ2) is 6.65. The average molecular weight is 325 g/mol. The fraction of sp³-hybridized carbons (Fsp3) is 0.350. The van der Waals surface area contributed by atoms with Crippen LogP contribution >= 0.6 is 0 Å². The number of aliphatic hydroxyl groups is 1. The lowest BCUT2D eigenvalue weighted by Crippen LogP contribution is -2.43. The second-order valence-corrected chi connectivity index (χ2v) is 6.43. The lowest BCUT2D eigenvalue weighted by Gasteiger charge is -2.24. The Balaban J connectivity index is 1.67. The first kappa shape index (κ1) is 16.5. The maximum Gasteiger partial charge on any atom is 0.230 e. The summed E-state index contributed by atoms with van der Waals surface area (Å²) >= 11 is 0. The molecule has 2 aromatic rings. The van der Waals surface area contributed by atoms with Gasteiger partial charge in [-0.2, -0.15) is 0 Å². The molecule has 0 saturated heterocycles. The zero-order chi connectivity index (χ0) is 17.2. The zero-order valence-electron chi connectivity index (χ0n) is 14.0. The third kappa shape index (κ3) is 3.15. The third-order valence-corrected chi connectivity index (χ3v) is 4.80. The number of hydrogen-bond donors (Lipinski definition) is 2. The number of methoxy groups -OCH3 is 1. The molecule has 1 saturated carbocycles. The van der Waals surface area contributed by atoms with E-state index in [1.165, 1.54) is 0 Å². The van der Waals surface area contributed by atoms with E-state index in [2.05, 4.69) is 5.32 Å². The molecule has 1 aliphatic carbocycles. The molecule has 2 aromatic carbocycles. The van der Waals surface area contributed by atoms with Crippen molar-refractivity contribution in [3.05, 3.63) is 65.7 Å². The molecule has 0 aliphatic heterocycles. The van der Waals surface area contributed by atoms with Crippen LogP contribution in [-0.4, -0.2) is 24.2 Å². The maximum absolute atomic E-state index is 12.7. The Labute approximate surface area is 142 Å². The number of rotatable bonds is 6. The summed E-state index contributed by atoms with van der Waals surface area (Å²) in [6, 6.07) is 16.7. The van der Waals surface area contributed by atoms with E-state index in [1.54, 1.807) is 19.2 Å². The van der Waals surface area contributed by atoms with Crippen LogP contribution in [0.25, 0.3) is 0 Å². The topological polar surface area (TPSA) is 58.6 Å². The summed E-state index contributed by atoms with van der Waals surface area (Å²) < 4.78 is 5.12. The van der Waals surface area contributed by atoms with Crippen molar-refractivity contribution in [2.24, 2.45) is 0 Å². The molecule has 24 heavy (non-hydrogen) atoms. The Bertz CT molecular complexity index is 693. The molecule has 0 aromatic heterocycles. The molecule has 0 heterocycles. The van der Waals surface area contributed by atoms with Crippen molar-refractivity contribution >= 4 is 5.91 Å². The smallest absolute Gasteiger partial charge is 0.230 e. The molecule has 1 aliphatic rings.